The summed E-state index contributed by atoms with van der Waals surface area (Å²) in [7, 11) is 0. The second-order valence-electron chi connectivity index (χ2n) is 4.41. The van der Waals surface area contributed by atoms with Crippen molar-refractivity contribution in [1.82, 2.24) is 10.3 Å². The molecule has 86 valence electrons. The minimum atomic E-state index is -0.550. The zero-order valence-electron chi connectivity index (χ0n) is 9.53. The summed E-state index contributed by atoms with van der Waals surface area (Å²) in [5.41, 5.74) is 6.04. The topological polar surface area (TPSA) is 71.2 Å². The molecule has 16 heavy (non-hydrogen) atoms. The Morgan fingerprint density at radius 1 is 1.56 bits per heavy atom. The molecule has 0 atom stereocenters. The minimum absolute atomic E-state index is 0.0362. The third-order valence-electron chi connectivity index (χ3n) is 2.93. The normalized spacial score (nSPS) is 19.4. The van der Waals surface area contributed by atoms with Gasteiger partial charge >= 0.3 is 0 Å². The van der Waals surface area contributed by atoms with Crippen LogP contribution >= 0.6 is 0 Å². The maximum atomic E-state index is 11.8. The van der Waals surface area contributed by atoms with Gasteiger partial charge in [-0.3, -0.25) is 4.79 Å². The highest BCUT2D eigenvalue weighted by atomic mass is 16.2. The van der Waals surface area contributed by atoms with Crippen LogP contribution in [0.4, 0.5) is 11.5 Å². The minimum Gasteiger partial charge on any atom is -0.384 e. The summed E-state index contributed by atoms with van der Waals surface area (Å²) >= 11 is 0. The molecule has 0 aliphatic carbocycles. The van der Waals surface area contributed by atoms with Gasteiger partial charge in [-0.1, -0.05) is 0 Å². The Kier molecular flexibility index (Phi) is 2.46. The van der Waals surface area contributed by atoms with Crippen molar-refractivity contribution in [2.24, 2.45) is 0 Å². The number of piperazine rings is 1. The highest BCUT2D eigenvalue weighted by Crippen LogP contribution is 2.26. The van der Waals surface area contributed by atoms with Gasteiger partial charge in [-0.25, -0.2) is 4.98 Å². The van der Waals surface area contributed by atoms with Crippen molar-refractivity contribution in [3.05, 3.63) is 18.3 Å². The van der Waals surface area contributed by atoms with Crippen molar-refractivity contribution in [2.75, 3.05) is 23.7 Å². The Morgan fingerprint density at radius 3 is 3.00 bits per heavy atom. The Balaban J connectivity index is 2.36. The lowest BCUT2D eigenvalue weighted by Gasteiger charge is -2.42. The highest BCUT2D eigenvalue weighted by Gasteiger charge is 2.37. The Hall–Kier alpha value is -1.78. The van der Waals surface area contributed by atoms with Crippen molar-refractivity contribution in [3.8, 4) is 0 Å². The van der Waals surface area contributed by atoms with Gasteiger partial charge in [0.15, 0.2) is 0 Å². The first-order valence-electron chi connectivity index (χ1n) is 5.29. The zero-order valence-corrected chi connectivity index (χ0v) is 9.53. The monoisotopic (exact) mass is 220 g/mol. The molecule has 1 amide bonds. The van der Waals surface area contributed by atoms with Crippen LogP contribution in [0.2, 0.25) is 0 Å². The van der Waals surface area contributed by atoms with Crippen molar-refractivity contribution >= 4 is 17.4 Å². The van der Waals surface area contributed by atoms with Gasteiger partial charge in [0, 0.05) is 31.0 Å². The number of hydrogen-bond acceptors (Lipinski definition) is 4. The summed E-state index contributed by atoms with van der Waals surface area (Å²) in [4.78, 5) is 17.8. The summed E-state index contributed by atoms with van der Waals surface area (Å²) in [6, 6.07) is 3.66. The van der Waals surface area contributed by atoms with Crippen LogP contribution < -0.4 is 16.0 Å². The molecule has 2 heterocycles. The lowest BCUT2D eigenvalue weighted by molar-refractivity contribution is -0.126. The van der Waals surface area contributed by atoms with Gasteiger partial charge in [0.1, 0.15) is 11.4 Å². The smallest absolute Gasteiger partial charge is 0.245 e. The number of nitrogens with zero attached hydrogens (tertiary/aromatic N) is 2. The fraction of sp³-hybridized carbons (Fsp3) is 0.455. The first-order chi connectivity index (χ1) is 7.51. The summed E-state index contributed by atoms with van der Waals surface area (Å²) in [5, 5.41) is 2.86. The number of carbonyl (C=O) groups is 1. The number of nitrogens with one attached hydrogen (secondary N) is 1. The highest BCUT2D eigenvalue weighted by molar-refractivity contribution is 5.90. The predicted octanol–water partition coefficient (Wildman–Crippen LogP) is 0.379. The Labute approximate surface area is 94.6 Å². The molecule has 1 aromatic rings. The maximum Gasteiger partial charge on any atom is 0.245 e. The molecule has 0 bridgehead atoms. The van der Waals surface area contributed by atoms with Crippen molar-refractivity contribution in [2.45, 2.75) is 19.4 Å². The van der Waals surface area contributed by atoms with Gasteiger partial charge < -0.3 is 16.0 Å². The van der Waals surface area contributed by atoms with Crippen LogP contribution in [0, 0.1) is 0 Å². The van der Waals surface area contributed by atoms with Crippen molar-refractivity contribution < 1.29 is 4.79 Å². The maximum absolute atomic E-state index is 11.8. The summed E-state index contributed by atoms with van der Waals surface area (Å²) in [6.07, 6.45) is 1.66. The number of aromatic nitrogens is 1. The van der Waals surface area contributed by atoms with Crippen LogP contribution in [0.1, 0.15) is 13.8 Å². The first kappa shape index (κ1) is 10.7. The third-order valence-corrected chi connectivity index (χ3v) is 2.93. The standard InChI is InChI=1S/C11H16N4O/c1-11(2)10(16)14-5-6-15(11)8-3-4-13-9(12)7-8/h3-4,7H,5-6H2,1-2H3,(H2,12,13)(H,14,16). The molecule has 5 nitrogen and oxygen atoms in total. The average molecular weight is 220 g/mol. The van der Waals surface area contributed by atoms with E-state index in [0.29, 0.717) is 12.4 Å². The number of pyridine rings is 1. The SMILES string of the molecule is CC1(C)C(=O)NCCN1c1ccnc(N)c1. The van der Waals surface area contributed by atoms with Gasteiger partial charge in [-0.2, -0.15) is 0 Å². The molecule has 1 aliphatic rings. The van der Waals surface area contributed by atoms with Crippen LogP contribution in [0.3, 0.4) is 0 Å². The van der Waals surface area contributed by atoms with E-state index >= 15 is 0 Å². The van der Waals surface area contributed by atoms with Crippen LogP contribution in [0.25, 0.3) is 0 Å². The van der Waals surface area contributed by atoms with Crippen molar-refractivity contribution in [3.63, 3.8) is 0 Å². The molecular formula is C11H16N4O. The third kappa shape index (κ3) is 1.68. The van der Waals surface area contributed by atoms with E-state index in [1.807, 2.05) is 24.8 Å². The van der Waals surface area contributed by atoms with Gasteiger partial charge in [0.25, 0.3) is 0 Å². The van der Waals surface area contributed by atoms with E-state index in [1.165, 1.54) is 0 Å². The lowest BCUT2D eigenvalue weighted by Crippen LogP contribution is -2.62. The molecule has 2 rings (SSSR count). The number of hydrogen-bond donors (Lipinski definition) is 2. The van der Waals surface area contributed by atoms with E-state index in [1.54, 1.807) is 12.3 Å². The van der Waals surface area contributed by atoms with Crippen LogP contribution in [-0.2, 0) is 4.79 Å². The first-order valence-corrected chi connectivity index (χ1v) is 5.29. The Morgan fingerprint density at radius 2 is 2.31 bits per heavy atom. The number of nitrogens with two attached hydrogens (primary N) is 1. The molecule has 0 radical (unpaired) electrons. The molecule has 1 aromatic heterocycles. The fourth-order valence-electron chi connectivity index (χ4n) is 1.96. The number of carbonyl (C=O) groups excluding carboxylic acids is 1. The molecule has 5 heteroatoms. The van der Waals surface area contributed by atoms with E-state index in [2.05, 4.69) is 10.3 Å². The second-order valence-corrected chi connectivity index (χ2v) is 4.41. The number of rotatable bonds is 1. The molecule has 3 N–H and O–H groups in total. The van der Waals surface area contributed by atoms with Crippen molar-refractivity contribution in [1.29, 1.82) is 0 Å². The fourth-order valence-corrected chi connectivity index (χ4v) is 1.96. The molecule has 0 saturated carbocycles. The largest absolute Gasteiger partial charge is 0.384 e. The average Bonchev–Trinajstić information content (AvgIpc) is 2.22. The summed E-state index contributed by atoms with van der Waals surface area (Å²) < 4.78 is 0. The summed E-state index contributed by atoms with van der Waals surface area (Å²) in [5.74, 6) is 0.508. The van der Waals surface area contributed by atoms with Gasteiger partial charge in [0.2, 0.25) is 5.91 Å². The summed E-state index contributed by atoms with van der Waals surface area (Å²) in [6.45, 7) is 5.24. The van der Waals surface area contributed by atoms with E-state index in [0.717, 1.165) is 12.2 Å². The van der Waals surface area contributed by atoms with Crippen LogP contribution in [0.5, 0.6) is 0 Å². The van der Waals surface area contributed by atoms with E-state index in [4.69, 9.17) is 5.73 Å². The molecule has 0 unspecified atom stereocenters. The zero-order chi connectivity index (χ0) is 11.8. The predicted molar refractivity (Wildman–Crippen MR) is 63.1 cm³/mol. The number of anilines is 2. The quantitative estimate of drug-likeness (QED) is 0.717. The van der Waals surface area contributed by atoms with Gasteiger partial charge in [0.05, 0.1) is 0 Å². The van der Waals surface area contributed by atoms with E-state index in [-0.39, 0.29) is 5.91 Å². The van der Waals surface area contributed by atoms with Gasteiger partial charge in [-0.15, -0.1) is 0 Å². The second kappa shape index (κ2) is 3.66. The van der Waals surface area contributed by atoms with Crippen LogP contribution in [0.15, 0.2) is 18.3 Å². The Bertz CT molecular complexity index is 416. The molecule has 0 aromatic carbocycles. The molecule has 1 saturated heterocycles. The molecule has 1 fully saturated rings. The molecule has 0 spiro atoms. The molecule has 1 aliphatic heterocycles. The number of amides is 1. The van der Waals surface area contributed by atoms with Crippen LogP contribution in [-0.4, -0.2) is 29.5 Å². The molecular weight excluding hydrogens is 204 g/mol. The van der Waals surface area contributed by atoms with Gasteiger partial charge in [-0.05, 0) is 19.9 Å². The van der Waals surface area contributed by atoms with E-state index < -0.39 is 5.54 Å². The lowest BCUT2D eigenvalue weighted by atomic mass is 9.98. The number of nitrogen functional groups attached to an aromatic ring is 1. The van der Waals surface area contributed by atoms with E-state index in [9.17, 15) is 4.79 Å².